The molecule has 0 atom stereocenters. The summed E-state index contributed by atoms with van der Waals surface area (Å²) in [6.45, 7) is 4.44. The third-order valence-corrected chi connectivity index (χ3v) is 5.67. The van der Waals surface area contributed by atoms with Crippen molar-refractivity contribution in [2.75, 3.05) is 13.1 Å². The van der Waals surface area contributed by atoms with Crippen molar-refractivity contribution in [1.82, 2.24) is 20.4 Å². The Kier molecular flexibility index (Phi) is 5.97. The lowest BCUT2D eigenvalue weighted by Gasteiger charge is -2.24. The van der Waals surface area contributed by atoms with Gasteiger partial charge < -0.3 is 10.6 Å². The number of nitrogens with zero attached hydrogens (tertiary/aromatic N) is 2. The normalized spacial score (nSPS) is 14.7. The molecule has 0 spiro atoms. The number of carbonyl (C=O) groups excluding carboxylic acids is 1. The van der Waals surface area contributed by atoms with E-state index in [2.05, 4.69) is 34.8 Å². The Morgan fingerprint density at radius 3 is 2.52 bits per heavy atom. The Morgan fingerprint density at radius 1 is 1.14 bits per heavy atom. The number of benzene rings is 2. The van der Waals surface area contributed by atoms with Crippen molar-refractivity contribution in [3.8, 4) is 5.69 Å². The molecule has 5 nitrogen and oxygen atoms in total. The van der Waals surface area contributed by atoms with Crippen molar-refractivity contribution in [3.63, 3.8) is 0 Å². The molecule has 150 valence electrons. The first kappa shape index (κ1) is 19.7. The number of aryl methyl sites for hydroxylation is 1. The lowest BCUT2D eigenvalue weighted by Crippen LogP contribution is -2.30. The van der Waals surface area contributed by atoms with Gasteiger partial charge in [0.15, 0.2) is 0 Å². The molecular weight excluding hydrogens is 384 g/mol. The van der Waals surface area contributed by atoms with Crippen LogP contribution in [0.5, 0.6) is 0 Å². The van der Waals surface area contributed by atoms with Crippen molar-refractivity contribution in [1.29, 1.82) is 0 Å². The molecule has 29 heavy (non-hydrogen) atoms. The Morgan fingerprint density at radius 2 is 1.83 bits per heavy atom. The lowest BCUT2D eigenvalue weighted by atomic mass is 9.91. The number of hydrogen-bond donors (Lipinski definition) is 2. The number of halogens is 1. The summed E-state index contributed by atoms with van der Waals surface area (Å²) < 4.78 is 1.90. The van der Waals surface area contributed by atoms with Crippen LogP contribution in [-0.2, 0) is 6.54 Å². The molecule has 0 bridgehead atoms. The highest BCUT2D eigenvalue weighted by atomic mass is 35.5. The van der Waals surface area contributed by atoms with Gasteiger partial charge in [0.1, 0.15) is 0 Å². The minimum Gasteiger partial charge on any atom is -0.348 e. The second kappa shape index (κ2) is 8.80. The number of rotatable bonds is 5. The van der Waals surface area contributed by atoms with Crippen molar-refractivity contribution in [3.05, 3.63) is 82.1 Å². The number of piperidine rings is 1. The summed E-state index contributed by atoms with van der Waals surface area (Å²) in [5, 5.41) is 11.7. The van der Waals surface area contributed by atoms with Gasteiger partial charge in [-0.3, -0.25) is 4.79 Å². The van der Waals surface area contributed by atoms with Crippen LogP contribution in [0.4, 0.5) is 0 Å². The van der Waals surface area contributed by atoms with Gasteiger partial charge in [-0.05, 0) is 62.7 Å². The van der Waals surface area contributed by atoms with E-state index in [1.165, 1.54) is 5.56 Å². The molecule has 1 amide bonds. The van der Waals surface area contributed by atoms with E-state index < -0.39 is 0 Å². The Balaban J connectivity index is 1.62. The van der Waals surface area contributed by atoms with Crippen molar-refractivity contribution < 1.29 is 4.79 Å². The van der Waals surface area contributed by atoms with Gasteiger partial charge in [0, 0.05) is 17.5 Å². The molecule has 0 unspecified atom stereocenters. The number of nitrogens with one attached hydrogen (secondary N) is 2. The molecule has 0 saturated carbocycles. The fourth-order valence-electron chi connectivity index (χ4n) is 3.79. The van der Waals surface area contributed by atoms with E-state index in [9.17, 15) is 4.79 Å². The van der Waals surface area contributed by atoms with Crippen molar-refractivity contribution >= 4 is 17.5 Å². The highest BCUT2D eigenvalue weighted by Crippen LogP contribution is 2.30. The highest BCUT2D eigenvalue weighted by molar-refractivity contribution is 6.30. The monoisotopic (exact) mass is 408 g/mol. The summed E-state index contributed by atoms with van der Waals surface area (Å²) in [4.78, 5) is 13.0. The summed E-state index contributed by atoms with van der Waals surface area (Å²) in [5.41, 5.74) is 4.84. The standard InChI is InChI=1S/C23H25ClN4O/c1-16-2-4-17(5-3-16)14-26-23(29)21-15-27-28(20-8-6-19(24)7-9-20)22(21)18-10-12-25-13-11-18/h2-9,15,18,25H,10-14H2,1H3,(H,26,29). The maximum absolute atomic E-state index is 13.0. The van der Waals surface area contributed by atoms with Crippen LogP contribution < -0.4 is 10.6 Å². The van der Waals surface area contributed by atoms with Crippen LogP contribution in [0.3, 0.4) is 0 Å². The number of amides is 1. The maximum Gasteiger partial charge on any atom is 0.255 e. The molecule has 1 fully saturated rings. The second-order valence-electron chi connectivity index (χ2n) is 7.52. The second-order valence-corrected chi connectivity index (χ2v) is 7.96. The van der Waals surface area contributed by atoms with E-state index >= 15 is 0 Å². The fraction of sp³-hybridized carbons (Fsp3) is 0.304. The van der Waals surface area contributed by atoms with Gasteiger partial charge in [-0.2, -0.15) is 5.10 Å². The molecule has 2 N–H and O–H groups in total. The third kappa shape index (κ3) is 4.52. The van der Waals surface area contributed by atoms with Crippen LogP contribution in [-0.4, -0.2) is 28.8 Å². The smallest absolute Gasteiger partial charge is 0.255 e. The molecule has 1 aromatic heterocycles. The quantitative estimate of drug-likeness (QED) is 0.664. The Bertz CT molecular complexity index is 973. The fourth-order valence-corrected chi connectivity index (χ4v) is 3.92. The van der Waals surface area contributed by atoms with E-state index in [4.69, 9.17) is 11.6 Å². The van der Waals surface area contributed by atoms with Crippen LogP contribution in [0.25, 0.3) is 5.69 Å². The number of hydrogen-bond acceptors (Lipinski definition) is 3. The number of aromatic nitrogens is 2. The highest BCUT2D eigenvalue weighted by Gasteiger charge is 2.26. The van der Waals surface area contributed by atoms with Crippen LogP contribution in [0.2, 0.25) is 5.02 Å². The molecule has 3 aromatic rings. The summed E-state index contributed by atoms with van der Waals surface area (Å²) in [7, 11) is 0. The minimum atomic E-state index is -0.0840. The Hall–Kier alpha value is -2.63. The number of carbonyl (C=O) groups is 1. The van der Waals surface area contributed by atoms with E-state index in [0.29, 0.717) is 17.1 Å². The van der Waals surface area contributed by atoms with Gasteiger partial charge in [0.05, 0.1) is 23.1 Å². The molecule has 1 aliphatic heterocycles. The molecule has 1 aliphatic rings. The van der Waals surface area contributed by atoms with Gasteiger partial charge in [0.2, 0.25) is 0 Å². The van der Waals surface area contributed by atoms with Crippen molar-refractivity contribution in [2.45, 2.75) is 32.2 Å². The third-order valence-electron chi connectivity index (χ3n) is 5.42. The zero-order valence-corrected chi connectivity index (χ0v) is 17.2. The molecular formula is C23H25ClN4O. The zero-order valence-electron chi connectivity index (χ0n) is 16.5. The topological polar surface area (TPSA) is 59.0 Å². The summed E-state index contributed by atoms with van der Waals surface area (Å²) in [6, 6.07) is 15.8. The molecule has 1 saturated heterocycles. The summed E-state index contributed by atoms with van der Waals surface area (Å²) >= 11 is 6.05. The largest absolute Gasteiger partial charge is 0.348 e. The zero-order chi connectivity index (χ0) is 20.2. The van der Waals surface area contributed by atoms with Crippen molar-refractivity contribution in [2.24, 2.45) is 0 Å². The molecule has 2 heterocycles. The lowest BCUT2D eigenvalue weighted by molar-refractivity contribution is 0.0949. The first-order valence-corrected chi connectivity index (χ1v) is 10.4. The Labute approximate surface area is 176 Å². The average molecular weight is 409 g/mol. The molecule has 0 aliphatic carbocycles. The van der Waals surface area contributed by atoms with Gasteiger partial charge in [-0.25, -0.2) is 4.68 Å². The van der Waals surface area contributed by atoms with Gasteiger partial charge in [-0.1, -0.05) is 41.4 Å². The molecule has 4 rings (SSSR count). The summed E-state index contributed by atoms with van der Waals surface area (Å²) in [6.07, 6.45) is 3.66. The first-order valence-electron chi connectivity index (χ1n) is 10.00. The molecule has 2 aromatic carbocycles. The van der Waals surface area contributed by atoms with E-state index in [1.54, 1.807) is 6.20 Å². The van der Waals surface area contributed by atoms with Crippen LogP contribution in [0.1, 0.15) is 45.9 Å². The first-order chi connectivity index (χ1) is 14.1. The minimum absolute atomic E-state index is 0.0840. The maximum atomic E-state index is 13.0. The van der Waals surface area contributed by atoms with Gasteiger partial charge >= 0.3 is 0 Å². The molecule has 0 radical (unpaired) electrons. The van der Waals surface area contributed by atoms with Gasteiger partial charge in [-0.15, -0.1) is 0 Å². The summed E-state index contributed by atoms with van der Waals surface area (Å²) in [5.74, 6) is 0.203. The SMILES string of the molecule is Cc1ccc(CNC(=O)c2cnn(-c3ccc(Cl)cc3)c2C2CCNCC2)cc1. The van der Waals surface area contributed by atoms with E-state index in [-0.39, 0.29) is 11.8 Å². The average Bonchev–Trinajstić information content (AvgIpc) is 3.19. The predicted octanol–water partition coefficient (Wildman–Crippen LogP) is 4.23. The van der Waals surface area contributed by atoms with Crippen LogP contribution in [0.15, 0.2) is 54.7 Å². The predicted molar refractivity (Wildman–Crippen MR) is 116 cm³/mol. The van der Waals surface area contributed by atoms with E-state index in [0.717, 1.165) is 42.9 Å². The van der Waals surface area contributed by atoms with E-state index in [1.807, 2.05) is 41.1 Å². The van der Waals surface area contributed by atoms with Crippen LogP contribution >= 0.6 is 11.6 Å². The van der Waals surface area contributed by atoms with Gasteiger partial charge in [0.25, 0.3) is 5.91 Å². The molecule has 6 heteroatoms. The van der Waals surface area contributed by atoms with Crippen LogP contribution in [0, 0.1) is 6.92 Å².